The number of ether oxygens (including phenoxy) is 3. The number of unbranched alkanes of at least 4 members (excludes halogenated alkanes) is 28. The van der Waals surface area contributed by atoms with Crippen molar-refractivity contribution in [1.29, 1.82) is 0 Å². The second-order valence-electron chi connectivity index (χ2n) is 15.0. The number of carbonyl (C=O) groups excluding carboxylic acids is 3. The van der Waals surface area contributed by atoms with Gasteiger partial charge in [0.05, 0.1) is 6.42 Å². The van der Waals surface area contributed by atoms with Gasteiger partial charge in [-0.2, -0.15) is 0 Å². The van der Waals surface area contributed by atoms with Crippen molar-refractivity contribution in [3.05, 3.63) is 4.91 Å². The van der Waals surface area contributed by atoms with Gasteiger partial charge in [0.1, 0.15) is 13.2 Å². The molecule has 0 fully saturated rings. The molecule has 0 amide bonds. The lowest BCUT2D eigenvalue weighted by molar-refractivity contribution is -0.167. The molecular weight excluding hydrogens is 674 g/mol. The van der Waals surface area contributed by atoms with Crippen LogP contribution in [0.25, 0.3) is 0 Å². The standard InChI is InChI=1S/C43H79NO9/c1-3-5-7-9-11-13-15-17-19-21-23-25-27-29-31-33-40(45)51-36-38(37-52-42(47)35-39(44-50)43(48)49)53-41(46)34-32-30-28-26-24-22-20-18-16-14-12-10-8-6-4-2/h38-39H,3-37H2,1-2H3,(H,48,49). The first-order valence-corrected chi connectivity index (χ1v) is 21.9. The summed E-state index contributed by atoms with van der Waals surface area (Å²) in [5.41, 5.74) is 0. The molecule has 0 spiro atoms. The van der Waals surface area contributed by atoms with Gasteiger partial charge >= 0.3 is 23.9 Å². The van der Waals surface area contributed by atoms with Gasteiger partial charge in [0.2, 0.25) is 0 Å². The summed E-state index contributed by atoms with van der Waals surface area (Å²) in [5.74, 6) is -3.39. The zero-order chi connectivity index (χ0) is 39.0. The first-order chi connectivity index (χ1) is 25.8. The predicted octanol–water partition coefficient (Wildman–Crippen LogP) is 12.1. The van der Waals surface area contributed by atoms with Gasteiger partial charge < -0.3 is 19.3 Å². The number of carbonyl (C=O) groups is 4. The normalized spacial score (nSPS) is 12.3. The number of carboxylic acid groups (broad SMARTS) is 1. The van der Waals surface area contributed by atoms with Crippen LogP contribution in [0.2, 0.25) is 0 Å². The quantitative estimate of drug-likeness (QED) is 0.0279. The Morgan fingerprint density at radius 3 is 1.08 bits per heavy atom. The van der Waals surface area contributed by atoms with Crippen molar-refractivity contribution in [1.82, 2.24) is 0 Å². The monoisotopic (exact) mass is 754 g/mol. The molecule has 0 aliphatic carbocycles. The van der Waals surface area contributed by atoms with Crippen molar-refractivity contribution in [3.63, 3.8) is 0 Å². The summed E-state index contributed by atoms with van der Waals surface area (Å²) >= 11 is 0. The Hall–Kier alpha value is -2.52. The number of hydrogen-bond donors (Lipinski definition) is 1. The zero-order valence-corrected chi connectivity index (χ0v) is 34.1. The molecule has 0 rings (SSSR count). The molecule has 2 unspecified atom stereocenters. The van der Waals surface area contributed by atoms with E-state index < -0.39 is 49.1 Å². The summed E-state index contributed by atoms with van der Waals surface area (Å²) in [5, 5.41) is 11.4. The van der Waals surface area contributed by atoms with Crippen molar-refractivity contribution >= 4 is 23.9 Å². The molecule has 0 aromatic rings. The molecule has 310 valence electrons. The smallest absolute Gasteiger partial charge is 0.332 e. The highest BCUT2D eigenvalue weighted by Gasteiger charge is 2.25. The fourth-order valence-electron chi connectivity index (χ4n) is 6.47. The minimum Gasteiger partial charge on any atom is -0.480 e. The van der Waals surface area contributed by atoms with Crippen LogP contribution < -0.4 is 0 Å². The van der Waals surface area contributed by atoms with Crippen molar-refractivity contribution in [3.8, 4) is 0 Å². The molecule has 0 saturated heterocycles. The molecule has 0 aliphatic heterocycles. The Bertz CT molecular complexity index is 897. The summed E-state index contributed by atoms with van der Waals surface area (Å²) in [6, 6.07) is -1.76. The van der Waals surface area contributed by atoms with E-state index >= 15 is 0 Å². The van der Waals surface area contributed by atoms with Gasteiger partial charge in [0, 0.05) is 12.8 Å². The van der Waals surface area contributed by atoms with Crippen LogP contribution in [0.5, 0.6) is 0 Å². The van der Waals surface area contributed by atoms with E-state index in [2.05, 4.69) is 19.0 Å². The summed E-state index contributed by atoms with van der Waals surface area (Å²) in [6.07, 6.45) is 35.5. The molecule has 0 aromatic carbocycles. The number of carboxylic acids is 1. The van der Waals surface area contributed by atoms with Crippen LogP contribution in [0.1, 0.15) is 226 Å². The van der Waals surface area contributed by atoms with Gasteiger partial charge in [0.25, 0.3) is 0 Å². The third-order valence-corrected chi connectivity index (χ3v) is 9.90. The molecule has 0 bridgehead atoms. The summed E-state index contributed by atoms with van der Waals surface area (Å²) in [7, 11) is 0. The maximum absolute atomic E-state index is 12.6. The van der Waals surface area contributed by atoms with Crippen LogP contribution in [-0.4, -0.2) is 54.3 Å². The third-order valence-electron chi connectivity index (χ3n) is 9.90. The summed E-state index contributed by atoms with van der Waals surface area (Å²) < 4.78 is 15.9. The third kappa shape index (κ3) is 36.2. The number of hydrogen-bond acceptors (Lipinski definition) is 9. The van der Waals surface area contributed by atoms with E-state index in [1.807, 2.05) is 0 Å². The van der Waals surface area contributed by atoms with E-state index in [0.29, 0.717) is 12.8 Å². The van der Waals surface area contributed by atoms with Crippen LogP contribution in [0.4, 0.5) is 0 Å². The van der Waals surface area contributed by atoms with Crippen molar-refractivity contribution in [2.24, 2.45) is 5.18 Å². The molecule has 0 heterocycles. The van der Waals surface area contributed by atoms with E-state index in [-0.39, 0.29) is 19.4 Å². The van der Waals surface area contributed by atoms with E-state index in [4.69, 9.17) is 19.3 Å². The Labute approximate surface area is 323 Å². The van der Waals surface area contributed by atoms with Crippen molar-refractivity contribution < 1.29 is 38.5 Å². The number of nitrogens with zero attached hydrogens (tertiary/aromatic N) is 1. The van der Waals surface area contributed by atoms with Crippen LogP contribution in [0.15, 0.2) is 5.18 Å². The van der Waals surface area contributed by atoms with Crippen molar-refractivity contribution in [2.75, 3.05) is 13.2 Å². The van der Waals surface area contributed by atoms with E-state index in [0.717, 1.165) is 38.5 Å². The molecule has 0 aromatic heterocycles. The molecule has 2 atom stereocenters. The molecule has 0 aliphatic rings. The second kappa shape index (κ2) is 39.2. The molecular formula is C43H79NO9. The van der Waals surface area contributed by atoms with Gasteiger partial charge in [-0.25, -0.2) is 4.79 Å². The van der Waals surface area contributed by atoms with Crippen LogP contribution >= 0.6 is 0 Å². The lowest BCUT2D eigenvalue weighted by Crippen LogP contribution is -2.32. The second-order valence-corrected chi connectivity index (χ2v) is 15.0. The molecule has 10 nitrogen and oxygen atoms in total. The van der Waals surface area contributed by atoms with Crippen LogP contribution in [0, 0.1) is 4.91 Å². The average Bonchev–Trinajstić information content (AvgIpc) is 3.14. The molecule has 0 radical (unpaired) electrons. The van der Waals surface area contributed by atoms with Crippen LogP contribution in [0.3, 0.4) is 0 Å². The average molecular weight is 754 g/mol. The van der Waals surface area contributed by atoms with E-state index in [9.17, 15) is 24.1 Å². The highest BCUT2D eigenvalue weighted by atomic mass is 16.6. The lowest BCUT2D eigenvalue weighted by Gasteiger charge is -2.18. The summed E-state index contributed by atoms with van der Waals surface area (Å²) in [4.78, 5) is 58.8. The fraction of sp³-hybridized carbons (Fsp3) is 0.907. The Morgan fingerprint density at radius 1 is 0.453 bits per heavy atom. The SMILES string of the molecule is CCCCCCCCCCCCCCCCCC(=O)OCC(COC(=O)CC(N=O)C(=O)O)OC(=O)CCCCCCCCCCCCCCCCC. The number of rotatable bonds is 41. The van der Waals surface area contributed by atoms with Gasteiger partial charge in [-0.05, 0) is 12.8 Å². The minimum absolute atomic E-state index is 0.200. The molecule has 1 N–H and O–H groups in total. The minimum atomic E-state index is -1.76. The molecule has 10 heteroatoms. The van der Waals surface area contributed by atoms with Crippen molar-refractivity contribution in [2.45, 2.75) is 238 Å². The Morgan fingerprint density at radius 2 is 0.755 bits per heavy atom. The van der Waals surface area contributed by atoms with Crippen LogP contribution in [-0.2, 0) is 33.4 Å². The van der Waals surface area contributed by atoms with Gasteiger partial charge in [-0.3, -0.25) is 14.4 Å². The topological polar surface area (TPSA) is 146 Å². The molecule has 0 saturated carbocycles. The predicted molar refractivity (Wildman–Crippen MR) is 213 cm³/mol. The highest BCUT2D eigenvalue weighted by Crippen LogP contribution is 2.16. The van der Waals surface area contributed by atoms with E-state index in [1.165, 1.54) is 141 Å². The fourth-order valence-corrected chi connectivity index (χ4v) is 6.47. The maximum Gasteiger partial charge on any atom is 0.332 e. The number of nitroso groups, excluding NO2 is 1. The maximum atomic E-state index is 12.6. The zero-order valence-electron chi connectivity index (χ0n) is 34.1. The number of aliphatic carboxylic acids is 1. The highest BCUT2D eigenvalue weighted by molar-refractivity contribution is 5.81. The van der Waals surface area contributed by atoms with Gasteiger partial charge in [-0.15, -0.1) is 4.91 Å². The molecule has 53 heavy (non-hydrogen) atoms. The Balaban J connectivity index is 4.24. The summed E-state index contributed by atoms with van der Waals surface area (Å²) in [6.45, 7) is 3.81. The van der Waals surface area contributed by atoms with Gasteiger partial charge in [-0.1, -0.05) is 199 Å². The first kappa shape index (κ1) is 50.5. The van der Waals surface area contributed by atoms with E-state index in [1.54, 1.807) is 0 Å². The largest absolute Gasteiger partial charge is 0.480 e. The van der Waals surface area contributed by atoms with Gasteiger partial charge in [0.15, 0.2) is 12.1 Å². The number of esters is 3. The Kier molecular flexibility index (Phi) is 37.3. The lowest BCUT2D eigenvalue weighted by atomic mass is 10.0. The first-order valence-electron chi connectivity index (χ1n) is 21.9.